The Kier molecular flexibility index (Phi) is 9.00. The number of methoxy groups -OCH3 is 1. The fraction of sp³-hybridized carbons (Fsp3) is 0.429. The molecule has 31 heavy (non-hydrogen) atoms. The summed E-state index contributed by atoms with van der Waals surface area (Å²) < 4.78 is 51.3. The summed E-state index contributed by atoms with van der Waals surface area (Å²) in [7, 11) is 0.972. The fourth-order valence-electron chi connectivity index (χ4n) is 3.29. The molecule has 0 bridgehead atoms. The van der Waals surface area contributed by atoms with Crippen LogP contribution in [0, 0.1) is 0 Å². The molecule has 0 aliphatic carbocycles. The molecular weight excluding hydrogens is 503 g/mol. The van der Waals surface area contributed by atoms with Gasteiger partial charge in [-0.25, -0.2) is 9.59 Å². The molecule has 0 aromatic heterocycles. The van der Waals surface area contributed by atoms with Crippen LogP contribution in [0.4, 0.5) is 13.2 Å². The van der Waals surface area contributed by atoms with Crippen LogP contribution in [-0.4, -0.2) is 37.2 Å². The van der Waals surface area contributed by atoms with Gasteiger partial charge < -0.3 is 14.8 Å². The van der Waals surface area contributed by atoms with Gasteiger partial charge in [-0.3, -0.25) is 0 Å². The maximum Gasteiger partial charge on any atom is 0.431 e. The van der Waals surface area contributed by atoms with Crippen LogP contribution in [-0.2, 0) is 19.1 Å². The lowest BCUT2D eigenvalue weighted by molar-refractivity contribution is -0.140. The van der Waals surface area contributed by atoms with E-state index in [2.05, 4.69) is 26.0 Å². The first-order valence-electron chi connectivity index (χ1n) is 9.48. The van der Waals surface area contributed by atoms with Crippen molar-refractivity contribution in [2.75, 3.05) is 19.0 Å². The van der Waals surface area contributed by atoms with Crippen LogP contribution >= 0.6 is 27.5 Å². The summed E-state index contributed by atoms with van der Waals surface area (Å²) in [4.78, 5) is 25.4. The summed E-state index contributed by atoms with van der Waals surface area (Å²) in [6.07, 6.45) is -2.59. The van der Waals surface area contributed by atoms with Crippen LogP contribution in [0.2, 0.25) is 5.02 Å². The van der Waals surface area contributed by atoms with E-state index >= 15 is 0 Å². The first-order chi connectivity index (χ1) is 14.6. The van der Waals surface area contributed by atoms with Gasteiger partial charge in [-0.15, -0.1) is 0 Å². The summed E-state index contributed by atoms with van der Waals surface area (Å²) in [5.41, 5.74) is -2.08. The molecule has 0 spiro atoms. The second kappa shape index (κ2) is 11.0. The van der Waals surface area contributed by atoms with Crippen molar-refractivity contribution in [2.24, 2.45) is 0 Å². The number of carbonyl (C=O) groups excluding carboxylic acids is 2. The zero-order valence-electron chi connectivity index (χ0n) is 16.9. The predicted octanol–water partition coefficient (Wildman–Crippen LogP) is 5.40. The Balaban J connectivity index is 2.57. The molecule has 1 atom stereocenters. The number of rotatable bonds is 8. The van der Waals surface area contributed by atoms with E-state index in [0.717, 1.165) is 25.3 Å². The molecule has 0 radical (unpaired) electrons. The van der Waals surface area contributed by atoms with Crippen molar-refractivity contribution in [3.05, 3.63) is 57.4 Å². The van der Waals surface area contributed by atoms with E-state index in [9.17, 15) is 22.8 Å². The van der Waals surface area contributed by atoms with Gasteiger partial charge in [0.15, 0.2) is 0 Å². The number of benzene rings is 1. The van der Waals surface area contributed by atoms with Crippen molar-refractivity contribution in [1.29, 1.82) is 0 Å². The Morgan fingerprint density at radius 2 is 1.81 bits per heavy atom. The number of carbonyl (C=O) groups is 2. The molecule has 1 aliphatic heterocycles. The quantitative estimate of drug-likeness (QED) is 0.280. The minimum Gasteiger partial charge on any atom is -0.466 e. The summed E-state index contributed by atoms with van der Waals surface area (Å²) in [6, 6.07) is 6.09. The highest BCUT2D eigenvalue weighted by atomic mass is 79.9. The maximum atomic E-state index is 13.8. The Labute approximate surface area is 191 Å². The van der Waals surface area contributed by atoms with Crippen molar-refractivity contribution < 1.29 is 32.2 Å². The number of ether oxygens (including phenoxy) is 2. The molecule has 1 unspecified atom stereocenters. The molecule has 1 aromatic carbocycles. The van der Waals surface area contributed by atoms with Crippen LogP contribution in [0.25, 0.3) is 0 Å². The Hall–Kier alpha value is -2.00. The molecular formula is C21H22BrClF3NO4. The predicted molar refractivity (Wildman–Crippen MR) is 114 cm³/mol. The van der Waals surface area contributed by atoms with E-state index in [-0.39, 0.29) is 28.5 Å². The number of unbranched alkanes of at least 4 members (excludes halogenated alkanes) is 2. The number of nitrogens with one attached hydrogen (secondary N) is 1. The Bertz CT molecular complexity index is 899. The molecule has 0 fully saturated rings. The topological polar surface area (TPSA) is 64.6 Å². The highest BCUT2D eigenvalue weighted by molar-refractivity contribution is 9.09. The third-order valence-electron chi connectivity index (χ3n) is 4.70. The van der Waals surface area contributed by atoms with E-state index in [1.807, 2.05) is 0 Å². The van der Waals surface area contributed by atoms with Gasteiger partial charge in [0.2, 0.25) is 0 Å². The van der Waals surface area contributed by atoms with Crippen LogP contribution in [0.5, 0.6) is 0 Å². The number of esters is 2. The summed E-state index contributed by atoms with van der Waals surface area (Å²) in [6.45, 7) is 1.42. The lowest BCUT2D eigenvalue weighted by atomic mass is 9.80. The van der Waals surface area contributed by atoms with E-state index in [1.165, 1.54) is 19.1 Å². The Morgan fingerprint density at radius 1 is 1.13 bits per heavy atom. The molecule has 1 N–H and O–H groups in total. The van der Waals surface area contributed by atoms with Gasteiger partial charge in [-0.2, -0.15) is 13.2 Å². The zero-order valence-corrected chi connectivity index (χ0v) is 19.3. The number of hydrogen-bond donors (Lipinski definition) is 1. The van der Waals surface area contributed by atoms with Crippen LogP contribution in [0.15, 0.2) is 46.8 Å². The number of hydrogen-bond acceptors (Lipinski definition) is 5. The Morgan fingerprint density at radius 3 is 2.39 bits per heavy atom. The second-order valence-electron chi connectivity index (χ2n) is 6.78. The normalized spacial score (nSPS) is 16.8. The van der Waals surface area contributed by atoms with Crippen LogP contribution in [0.3, 0.4) is 0 Å². The fourth-order valence-corrected chi connectivity index (χ4v) is 3.93. The van der Waals surface area contributed by atoms with Gasteiger partial charge in [0, 0.05) is 16.0 Å². The summed E-state index contributed by atoms with van der Waals surface area (Å²) >= 11 is 9.57. The second-order valence-corrected chi connectivity index (χ2v) is 7.98. The molecule has 2 rings (SSSR count). The molecule has 1 aromatic rings. The molecule has 5 nitrogen and oxygen atoms in total. The SMILES string of the molecule is COC(=O)C1=C(C(F)(F)F)NC(C)=C(C(=O)OCCCCCBr)C1c1ccccc1Cl. The van der Waals surface area contributed by atoms with Crippen molar-refractivity contribution in [2.45, 2.75) is 38.3 Å². The average molecular weight is 525 g/mol. The van der Waals surface area contributed by atoms with Crippen LogP contribution in [0.1, 0.15) is 37.7 Å². The van der Waals surface area contributed by atoms with Gasteiger partial charge in [0.25, 0.3) is 0 Å². The average Bonchev–Trinajstić information content (AvgIpc) is 2.71. The zero-order chi connectivity index (χ0) is 23.2. The molecule has 0 saturated heterocycles. The lowest BCUT2D eigenvalue weighted by Gasteiger charge is -2.32. The first kappa shape index (κ1) is 25.3. The molecule has 0 amide bonds. The monoisotopic (exact) mass is 523 g/mol. The summed E-state index contributed by atoms with van der Waals surface area (Å²) in [5.74, 6) is -3.45. The van der Waals surface area contributed by atoms with E-state index < -0.39 is 35.3 Å². The van der Waals surface area contributed by atoms with Gasteiger partial charge >= 0.3 is 18.1 Å². The summed E-state index contributed by atoms with van der Waals surface area (Å²) in [5, 5.41) is 3.09. The molecule has 0 saturated carbocycles. The van der Waals surface area contributed by atoms with E-state index in [0.29, 0.717) is 6.42 Å². The molecule has 10 heteroatoms. The number of dihydropyridines is 1. The largest absolute Gasteiger partial charge is 0.466 e. The van der Waals surface area contributed by atoms with Gasteiger partial charge in [0.1, 0.15) is 5.70 Å². The van der Waals surface area contributed by atoms with E-state index in [4.69, 9.17) is 16.3 Å². The highest BCUT2D eigenvalue weighted by Crippen LogP contribution is 2.45. The van der Waals surface area contributed by atoms with Crippen molar-refractivity contribution in [3.8, 4) is 0 Å². The van der Waals surface area contributed by atoms with Crippen LogP contribution < -0.4 is 5.32 Å². The van der Waals surface area contributed by atoms with Crippen molar-refractivity contribution >= 4 is 39.5 Å². The molecule has 1 aliphatic rings. The third kappa shape index (κ3) is 6.04. The molecule has 170 valence electrons. The third-order valence-corrected chi connectivity index (χ3v) is 5.60. The van der Waals surface area contributed by atoms with E-state index in [1.54, 1.807) is 12.1 Å². The number of alkyl halides is 4. The van der Waals surface area contributed by atoms with Gasteiger partial charge in [-0.1, -0.05) is 45.7 Å². The number of allylic oxidation sites excluding steroid dienone is 2. The van der Waals surface area contributed by atoms with Gasteiger partial charge in [-0.05, 0) is 37.8 Å². The molecule has 1 heterocycles. The first-order valence-corrected chi connectivity index (χ1v) is 11.0. The van der Waals surface area contributed by atoms with Crippen molar-refractivity contribution in [1.82, 2.24) is 5.32 Å². The maximum absolute atomic E-state index is 13.8. The highest BCUT2D eigenvalue weighted by Gasteiger charge is 2.47. The minimum atomic E-state index is -4.89. The lowest BCUT2D eigenvalue weighted by Crippen LogP contribution is -2.38. The number of halogens is 5. The standard InChI is InChI=1S/C21H22BrClF3NO4/c1-12-15(20(29)31-11-7-3-6-10-22)16(13-8-4-5-9-14(13)23)17(19(28)30-2)18(27-12)21(24,25)26/h4-5,8-9,16,27H,3,6-7,10-11H2,1-2H3. The smallest absolute Gasteiger partial charge is 0.431 e. The minimum absolute atomic E-state index is 0.0737. The van der Waals surface area contributed by atoms with Crippen molar-refractivity contribution in [3.63, 3.8) is 0 Å². The van der Waals surface area contributed by atoms with Gasteiger partial charge in [0.05, 0.1) is 30.8 Å².